The number of amides is 1. The molecule has 2 rings (SSSR count). The number of rotatable bonds is 7. The lowest BCUT2D eigenvalue weighted by molar-refractivity contribution is -0.137. The summed E-state index contributed by atoms with van der Waals surface area (Å²) in [6.07, 6.45) is 2.23. The van der Waals surface area contributed by atoms with Crippen LogP contribution < -0.4 is 10.1 Å². The normalized spacial score (nSPS) is 10.4. The standard InChI is InChI=1S/C19H19NO4/c1-2-23-19(22)13-12-18(21)20-16-8-10-17(11-9-16)24-14-15-6-4-3-5-7-15/h3-13H,2,14H2,1H3,(H,20,21)/b13-12+. The number of esters is 1. The van der Waals surface area contributed by atoms with Crippen LogP contribution in [0.5, 0.6) is 5.75 Å². The van der Waals surface area contributed by atoms with Gasteiger partial charge in [-0.05, 0) is 36.8 Å². The van der Waals surface area contributed by atoms with Crippen molar-refractivity contribution < 1.29 is 19.1 Å². The maximum absolute atomic E-state index is 11.7. The summed E-state index contributed by atoms with van der Waals surface area (Å²) in [7, 11) is 0. The molecule has 24 heavy (non-hydrogen) atoms. The Balaban J connectivity index is 1.83. The third-order valence-electron chi connectivity index (χ3n) is 3.03. The van der Waals surface area contributed by atoms with Gasteiger partial charge in [-0.15, -0.1) is 0 Å². The van der Waals surface area contributed by atoms with Crippen molar-refractivity contribution >= 4 is 17.6 Å². The van der Waals surface area contributed by atoms with E-state index < -0.39 is 11.9 Å². The van der Waals surface area contributed by atoms with Gasteiger partial charge in [0.1, 0.15) is 12.4 Å². The third-order valence-corrected chi connectivity index (χ3v) is 3.03. The van der Waals surface area contributed by atoms with Crippen LogP contribution >= 0.6 is 0 Å². The molecule has 0 aromatic heterocycles. The van der Waals surface area contributed by atoms with E-state index in [2.05, 4.69) is 5.32 Å². The van der Waals surface area contributed by atoms with Crippen molar-refractivity contribution in [2.45, 2.75) is 13.5 Å². The van der Waals surface area contributed by atoms with Crippen molar-refractivity contribution in [3.63, 3.8) is 0 Å². The summed E-state index contributed by atoms with van der Waals surface area (Å²) in [4.78, 5) is 22.8. The van der Waals surface area contributed by atoms with Gasteiger partial charge < -0.3 is 14.8 Å². The summed E-state index contributed by atoms with van der Waals surface area (Å²) in [5.74, 6) is -0.239. The summed E-state index contributed by atoms with van der Waals surface area (Å²) >= 11 is 0. The molecule has 0 bridgehead atoms. The Bertz CT molecular complexity index is 693. The molecule has 0 aliphatic rings. The van der Waals surface area contributed by atoms with Crippen LogP contribution in [0, 0.1) is 0 Å². The van der Waals surface area contributed by atoms with Crippen molar-refractivity contribution in [1.29, 1.82) is 0 Å². The summed E-state index contributed by atoms with van der Waals surface area (Å²) in [6.45, 7) is 2.46. The number of carbonyl (C=O) groups excluding carboxylic acids is 2. The summed E-state index contributed by atoms with van der Waals surface area (Å²) < 4.78 is 10.4. The molecule has 0 saturated carbocycles. The van der Waals surface area contributed by atoms with Gasteiger partial charge in [-0.3, -0.25) is 4.79 Å². The molecular weight excluding hydrogens is 306 g/mol. The number of hydrogen-bond donors (Lipinski definition) is 1. The minimum atomic E-state index is -0.544. The molecule has 0 aliphatic heterocycles. The smallest absolute Gasteiger partial charge is 0.330 e. The fourth-order valence-electron chi connectivity index (χ4n) is 1.89. The number of nitrogens with one attached hydrogen (secondary N) is 1. The van der Waals surface area contributed by atoms with E-state index in [0.717, 1.165) is 17.7 Å². The molecule has 1 N–H and O–H groups in total. The van der Waals surface area contributed by atoms with Crippen molar-refractivity contribution in [2.75, 3.05) is 11.9 Å². The van der Waals surface area contributed by atoms with Gasteiger partial charge in [0, 0.05) is 17.8 Å². The van der Waals surface area contributed by atoms with Crippen LogP contribution in [0.1, 0.15) is 12.5 Å². The van der Waals surface area contributed by atoms with E-state index in [-0.39, 0.29) is 6.61 Å². The SMILES string of the molecule is CCOC(=O)/C=C/C(=O)Nc1ccc(OCc2ccccc2)cc1. The second-order valence-corrected chi connectivity index (χ2v) is 4.87. The summed E-state index contributed by atoms with van der Waals surface area (Å²) in [5.41, 5.74) is 1.69. The van der Waals surface area contributed by atoms with E-state index in [0.29, 0.717) is 18.0 Å². The van der Waals surface area contributed by atoms with E-state index in [4.69, 9.17) is 9.47 Å². The largest absolute Gasteiger partial charge is 0.489 e. The van der Waals surface area contributed by atoms with Crippen molar-refractivity contribution in [1.82, 2.24) is 0 Å². The van der Waals surface area contributed by atoms with Crippen molar-refractivity contribution in [3.8, 4) is 5.75 Å². The molecule has 0 saturated heterocycles. The lowest BCUT2D eigenvalue weighted by atomic mass is 10.2. The molecule has 2 aromatic carbocycles. The Labute approximate surface area is 140 Å². The highest BCUT2D eigenvalue weighted by atomic mass is 16.5. The zero-order valence-electron chi connectivity index (χ0n) is 13.4. The number of ether oxygens (including phenoxy) is 2. The molecular formula is C19H19NO4. The van der Waals surface area contributed by atoms with Gasteiger partial charge in [0.05, 0.1) is 6.61 Å². The molecule has 2 aromatic rings. The lowest BCUT2D eigenvalue weighted by Gasteiger charge is -2.07. The first-order chi connectivity index (χ1) is 11.7. The maximum Gasteiger partial charge on any atom is 0.330 e. The Hall–Kier alpha value is -3.08. The predicted octanol–water partition coefficient (Wildman–Crippen LogP) is 3.32. The van der Waals surface area contributed by atoms with Gasteiger partial charge in [-0.2, -0.15) is 0 Å². The lowest BCUT2D eigenvalue weighted by Crippen LogP contribution is -2.09. The molecule has 5 nitrogen and oxygen atoms in total. The van der Waals surface area contributed by atoms with Crippen LogP contribution in [-0.2, 0) is 20.9 Å². The zero-order valence-corrected chi connectivity index (χ0v) is 13.4. The minimum absolute atomic E-state index is 0.273. The molecule has 0 atom stereocenters. The Morgan fingerprint density at radius 2 is 1.71 bits per heavy atom. The Morgan fingerprint density at radius 3 is 2.38 bits per heavy atom. The average Bonchev–Trinajstić information content (AvgIpc) is 2.61. The predicted molar refractivity (Wildman–Crippen MR) is 91.6 cm³/mol. The topological polar surface area (TPSA) is 64.6 Å². The highest BCUT2D eigenvalue weighted by Gasteiger charge is 2.01. The van der Waals surface area contributed by atoms with Crippen LogP contribution in [0.2, 0.25) is 0 Å². The van der Waals surface area contributed by atoms with Gasteiger partial charge in [-0.1, -0.05) is 30.3 Å². The van der Waals surface area contributed by atoms with Gasteiger partial charge in [0.25, 0.3) is 0 Å². The quantitative estimate of drug-likeness (QED) is 0.626. The summed E-state index contributed by atoms with van der Waals surface area (Å²) in [6, 6.07) is 16.9. The molecule has 0 spiro atoms. The molecule has 0 aliphatic carbocycles. The Morgan fingerprint density at radius 1 is 1.00 bits per heavy atom. The van der Waals surface area contributed by atoms with Crippen LogP contribution in [0.3, 0.4) is 0 Å². The second-order valence-electron chi connectivity index (χ2n) is 4.87. The first kappa shape index (κ1) is 17.3. The highest BCUT2D eigenvalue weighted by molar-refractivity contribution is 6.02. The number of benzene rings is 2. The fourth-order valence-corrected chi connectivity index (χ4v) is 1.89. The first-order valence-electron chi connectivity index (χ1n) is 7.60. The van der Waals surface area contributed by atoms with Crippen LogP contribution in [-0.4, -0.2) is 18.5 Å². The van der Waals surface area contributed by atoms with E-state index in [1.807, 2.05) is 30.3 Å². The Kier molecular flexibility index (Phi) is 6.58. The minimum Gasteiger partial charge on any atom is -0.489 e. The van der Waals surface area contributed by atoms with Gasteiger partial charge in [-0.25, -0.2) is 4.79 Å². The molecule has 0 radical (unpaired) electrons. The first-order valence-corrected chi connectivity index (χ1v) is 7.60. The second kappa shape index (κ2) is 9.15. The molecule has 1 amide bonds. The third kappa shape index (κ3) is 5.96. The fraction of sp³-hybridized carbons (Fsp3) is 0.158. The van der Waals surface area contributed by atoms with E-state index in [9.17, 15) is 9.59 Å². The van der Waals surface area contributed by atoms with Gasteiger partial charge >= 0.3 is 5.97 Å². The molecule has 0 unspecified atom stereocenters. The highest BCUT2D eigenvalue weighted by Crippen LogP contribution is 2.17. The number of carbonyl (C=O) groups is 2. The maximum atomic E-state index is 11.7. The summed E-state index contributed by atoms with van der Waals surface area (Å²) in [5, 5.41) is 2.65. The van der Waals surface area contributed by atoms with E-state index in [1.54, 1.807) is 31.2 Å². The monoisotopic (exact) mass is 325 g/mol. The zero-order chi connectivity index (χ0) is 17.2. The van der Waals surface area contributed by atoms with Crippen LogP contribution in [0.15, 0.2) is 66.7 Å². The molecule has 0 fully saturated rings. The van der Waals surface area contributed by atoms with E-state index >= 15 is 0 Å². The van der Waals surface area contributed by atoms with Gasteiger partial charge in [0.15, 0.2) is 0 Å². The number of hydrogen-bond acceptors (Lipinski definition) is 4. The average molecular weight is 325 g/mol. The van der Waals surface area contributed by atoms with Gasteiger partial charge in [0.2, 0.25) is 5.91 Å². The molecule has 124 valence electrons. The van der Waals surface area contributed by atoms with Crippen molar-refractivity contribution in [3.05, 3.63) is 72.3 Å². The van der Waals surface area contributed by atoms with Crippen LogP contribution in [0.4, 0.5) is 5.69 Å². The molecule has 0 heterocycles. The van der Waals surface area contributed by atoms with E-state index in [1.165, 1.54) is 0 Å². The van der Waals surface area contributed by atoms with Crippen LogP contribution in [0.25, 0.3) is 0 Å². The van der Waals surface area contributed by atoms with Crippen molar-refractivity contribution in [2.24, 2.45) is 0 Å². The number of anilines is 1. The molecule has 5 heteroatoms.